The maximum absolute atomic E-state index is 11.7. The van der Waals surface area contributed by atoms with E-state index in [2.05, 4.69) is 5.32 Å². The summed E-state index contributed by atoms with van der Waals surface area (Å²) in [5.74, 6) is -2.27. The summed E-state index contributed by atoms with van der Waals surface area (Å²) < 4.78 is 0. The van der Waals surface area contributed by atoms with Crippen molar-refractivity contribution >= 4 is 23.5 Å². The molecule has 0 radical (unpaired) electrons. The van der Waals surface area contributed by atoms with Gasteiger partial charge in [0.1, 0.15) is 0 Å². The highest BCUT2D eigenvalue weighted by atomic mass is 16.4. The van der Waals surface area contributed by atoms with Crippen molar-refractivity contribution in [3.05, 3.63) is 29.3 Å². The second-order valence-electron chi connectivity index (χ2n) is 4.10. The highest BCUT2D eigenvalue weighted by molar-refractivity contribution is 5.98. The lowest BCUT2D eigenvalue weighted by Gasteiger charge is -2.12. The molecule has 1 rings (SSSR count). The standard InChI is InChI=1S/C12H15N3O4/c1-6-4-7(12(18)19)2-3-9(6)15-11(17)8(13)5-10(14)16/h2-4,8H,5,13H2,1H3,(H2,14,16)(H,15,17)(H,18,19). The molecule has 102 valence electrons. The van der Waals surface area contributed by atoms with Gasteiger partial charge >= 0.3 is 5.97 Å². The van der Waals surface area contributed by atoms with Crippen LogP contribution in [0.25, 0.3) is 0 Å². The molecular weight excluding hydrogens is 250 g/mol. The van der Waals surface area contributed by atoms with E-state index in [0.717, 1.165) is 0 Å². The first-order valence-corrected chi connectivity index (χ1v) is 5.50. The lowest BCUT2D eigenvalue weighted by molar-refractivity contribution is -0.123. The number of benzene rings is 1. The molecule has 1 unspecified atom stereocenters. The Bertz CT molecular complexity index is 528. The van der Waals surface area contributed by atoms with Crippen molar-refractivity contribution in [2.45, 2.75) is 19.4 Å². The van der Waals surface area contributed by atoms with Crippen molar-refractivity contribution in [3.63, 3.8) is 0 Å². The summed E-state index contributed by atoms with van der Waals surface area (Å²) in [6.07, 6.45) is -0.252. The number of anilines is 1. The van der Waals surface area contributed by atoms with Gasteiger partial charge < -0.3 is 21.9 Å². The number of nitrogens with two attached hydrogens (primary N) is 2. The number of rotatable bonds is 5. The first-order chi connectivity index (χ1) is 8.81. The Morgan fingerprint density at radius 3 is 2.47 bits per heavy atom. The number of aromatic carboxylic acids is 1. The number of amides is 2. The van der Waals surface area contributed by atoms with Gasteiger partial charge in [0, 0.05) is 5.69 Å². The quantitative estimate of drug-likeness (QED) is 0.586. The minimum atomic E-state index is -1.05. The largest absolute Gasteiger partial charge is 0.478 e. The molecule has 0 saturated heterocycles. The van der Waals surface area contributed by atoms with Crippen molar-refractivity contribution < 1.29 is 19.5 Å². The molecule has 0 spiro atoms. The molecule has 0 aliphatic heterocycles. The third kappa shape index (κ3) is 4.07. The van der Waals surface area contributed by atoms with E-state index in [1.807, 2.05) is 0 Å². The maximum atomic E-state index is 11.7. The van der Waals surface area contributed by atoms with Crippen LogP contribution < -0.4 is 16.8 Å². The monoisotopic (exact) mass is 265 g/mol. The molecule has 0 aliphatic carbocycles. The number of carbonyl (C=O) groups is 3. The number of hydrogen-bond acceptors (Lipinski definition) is 4. The fraction of sp³-hybridized carbons (Fsp3) is 0.250. The van der Waals surface area contributed by atoms with E-state index in [4.69, 9.17) is 16.6 Å². The Morgan fingerprint density at radius 1 is 1.37 bits per heavy atom. The van der Waals surface area contributed by atoms with Crippen LogP contribution in [0.15, 0.2) is 18.2 Å². The molecule has 0 heterocycles. The summed E-state index contributed by atoms with van der Waals surface area (Å²) in [7, 11) is 0. The highest BCUT2D eigenvalue weighted by Gasteiger charge is 2.17. The van der Waals surface area contributed by atoms with Crippen LogP contribution in [0.1, 0.15) is 22.3 Å². The number of carbonyl (C=O) groups excluding carboxylic acids is 2. The van der Waals surface area contributed by atoms with Crippen LogP contribution in [0.5, 0.6) is 0 Å². The van der Waals surface area contributed by atoms with Crippen LogP contribution in [0.3, 0.4) is 0 Å². The molecule has 0 fully saturated rings. The highest BCUT2D eigenvalue weighted by Crippen LogP contribution is 2.16. The van der Waals surface area contributed by atoms with E-state index < -0.39 is 23.8 Å². The lowest BCUT2D eigenvalue weighted by atomic mass is 10.1. The van der Waals surface area contributed by atoms with Gasteiger partial charge in [0.15, 0.2) is 0 Å². The number of primary amides is 1. The molecule has 6 N–H and O–H groups in total. The van der Waals surface area contributed by atoms with Gasteiger partial charge in [-0.1, -0.05) is 0 Å². The van der Waals surface area contributed by atoms with Gasteiger partial charge in [-0.2, -0.15) is 0 Å². The van der Waals surface area contributed by atoms with E-state index >= 15 is 0 Å². The van der Waals surface area contributed by atoms with Crippen molar-refractivity contribution in [3.8, 4) is 0 Å². The molecule has 0 saturated carbocycles. The Labute approximate surface area is 109 Å². The van der Waals surface area contributed by atoms with Crippen molar-refractivity contribution in [1.82, 2.24) is 0 Å². The smallest absolute Gasteiger partial charge is 0.335 e. The topological polar surface area (TPSA) is 136 Å². The zero-order valence-electron chi connectivity index (χ0n) is 10.3. The molecule has 0 aliphatic rings. The van der Waals surface area contributed by atoms with Gasteiger partial charge in [0.05, 0.1) is 18.0 Å². The molecule has 1 aromatic rings. The van der Waals surface area contributed by atoms with E-state index in [-0.39, 0.29) is 12.0 Å². The molecule has 0 bridgehead atoms. The first-order valence-electron chi connectivity index (χ1n) is 5.50. The molecular formula is C12H15N3O4. The summed E-state index contributed by atoms with van der Waals surface area (Å²) in [5.41, 5.74) is 11.6. The van der Waals surface area contributed by atoms with E-state index in [0.29, 0.717) is 11.3 Å². The predicted octanol–water partition coefficient (Wildman–Crippen LogP) is -0.166. The van der Waals surface area contributed by atoms with Crippen molar-refractivity contribution in [1.29, 1.82) is 0 Å². The molecule has 7 heteroatoms. The molecule has 1 aromatic carbocycles. The Hall–Kier alpha value is -2.41. The fourth-order valence-electron chi connectivity index (χ4n) is 1.47. The number of carboxylic acid groups (broad SMARTS) is 1. The van der Waals surface area contributed by atoms with Crippen LogP contribution in [-0.4, -0.2) is 28.9 Å². The SMILES string of the molecule is Cc1cc(C(=O)O)ccc1NC(=O)C(N)CC(N)=O. The van der Waals surface area contributed by atoms with Gasteiger partial charge in [0.2, 0.25) is 11.8 Å². The third-order valence-corrected chi connectivity index (χ3v) is 2.49. The van der Waals surface area contributed by atoms with Gasteiger partial charge in [-0.25, -0.2) is 4.79 Å². The Kier molecular flexibility index (Phi) is 4.60. The molecule has 7 nitrogen and oxygen atoms in total. The van der Waals surface area contributed by atoms with Gasteiger partial charge in [0.25, 0.3) is 0 Å². The summed E-state index contributed by atoms with van der Waals surface area (Å²) in [6, 6.07) is 3.23. The number of aryl methyl sites for hydroxylation is 1. The zero-order valence-corrected chi connectivity index (χ0v) is 10.3. The fourth-order valence-corrected chi connectivity index (χ4v) is 1.47. The van der Waals surface area contributed by atoms with Gasteiger partial charge in [-0.05, 0) is 30.7 Å². The summed E-state index contributed by atoms with van der Waals surface area (Å²) in [6.45, 7) is 1.65. The molecule has 19 heavy (non-hydrogen) atoms. The second-order valence-corrected chi connectivity index (χ2v) is 4.10. The van der Waals surface area contributed by atoms with Crippen LogP contribution >= 0.6 is 0 Å². The van der Waals surface area contributed by atoms with Crippen LogP contribution in [0.4, 0.5) is 5.69 Å². The summed E-state index contributed by atoms with van der Waals surface area (Å²) in [5, 5.41) is 11.3. The molecule has 0 aromatic heterocycles. The molecule has 2 amide bonds. The van der Waals surface area contributed by atoms with Crippen molar-refractivity contribution in [2.75, 3.05) is 5.32 Å². The minimum absolute atomic E-state index is 0.122. The van der Waals surface area contributed by atoms with Crippen LogP contribution in [-0.2, 0) is 9.59 Å². The third-order valence-electron chi connectivity index (χ3n) is 2.49. The Morgan fingerprint density at radius 2 is 2.00 bits per heavy atom. The lowest BCUT2D eigenvalue weighted by Crippen LogP contribution is -2.39. The normalized spacial score (nSPS) is 11.7. The molecule has 1 atom stereocenters. The zero-order chi connectivity index (χ0) is 14.6. The average molecular weight is 265 g/mol. The number of carboxylic acids is 1. The van der Waals surface area contributed by atoms with E-state index in [1.54, 1.807) is 6.92 Å². The number of hydrogen-bond donors (Lipinski definition) is 4. The average Bonchev–Trinajstić information content (AvgIpc) is 2.30. The van der Waals surface area contributed by atoms with Gasteiger partial charge in [-0.3, -0.25) is 9.59 Å². The summed E-state index contributed by atoms with van der Waals surface area (Å²) >= 11 is 0. The first kappa shape index (κ1) is 14.7. The van der Waals surface area contributed by atoms with E-state index in [1.165, 1.54) is 18.2 Å². The Balaban J connectivity index is 2.80. The second kappa shape index (κ2) is 5.96. The number of nitrogens with one attached hydrogen (secondary N) is 1. The van der Waals surface area contributed by atoms with E-state index in [9.17, 15) is 14.4 Å². The summed E-state index contributed by atoms with van der Waals surface area (Å²) in [4.78, 5) is 33.1. The predicted molar refractivity (Wildman–Crippen MR) is 68.6 cm³/mol. The van der Waals surface area contributed by atoms with Crippen molar-refractivity contribution in [2.24, 2.45) is 11.5 Å². The maximum Gasteiger partial charge on any atom is 0.335 e. The minimum Gasteiger partial charge on any atom is -0.478 e. The van der Waals surface area contributed by atoms with Crippen LogP contribution in [0, 0.1) is 6.92 Å². The van der Waals surface area contributed by atoms with Crippen LogP contribution in [0.2, 0.25) is 0 Å². The van der Waals surface area contributed by atoms with Gasteiger partial charge in [-0.15, -0.1) is 0 Å².